The maximum absolute atomic E-state index is 13.9. The van der Waals surface area contributed by atoms with Gasteiger partial charge in [-0.25, -0.2) is 14.4 Å². The first-order valence-corrected chi connectivity index (χ1v) is 26.6. The van der Waals surface area contributed by atoms with Gasteiger partial charge < -0.3 is 18.9 Å². The predicted molar refractivity (Wildman–Crippen MR) is 278 cm³/mol. The van der Waals surface area contributed by atoms with Crippen molar-refractivity contribution in [3.05, 3.63) is 108 Å². The minimum Gasteiger partial charge on any atom is -0.494 e. The number of carbonyl (C=O) groups is 3. The Labute approximate surface area is 409 Å². The van der Waals surface area contributed by atoms with Gasteiger partial charge in [-0.3, -0.25) is 9.80 Å². The van der Waals surface area contributed by atoms with Crippen LogP contribution < -0.4 is 28.7 Å². The molecule has 4 aromatic carbocycles. The Morgan fingerprint density at radius 1 is 0.382 bits per heavy atom. The molecule has 1 aliphatic rings. The van der Waals surface area contributed by atoms with Gasteiger partial charge in [-0.2, -0.15) is 0 Å². The molecular weight excluding hydrogens is 849 g/mol. The topological polar surface area (TPSA) is 94.6 Å². The monoisotopic (exact) mass is 931 g/mol. The summed E-state index contributed by atoms with van der Waals surface area (Å²) in [6.45, 7) is 6.97. The summed E-state index contributed by atoms with van der Waals surface area (Å²) >= 11 is 0. The van der Waals surface area contributed by atoms with E-state index in [1.165, 1.54) is 141 Å². The fraction of sp³-hybridized carbons (Fsp3) is 0.542. The molecular formula is C59H82N2O7. The van der Waals surface area contributed by atoms with Gasteiger partial charge in [0.25, 0.3) is 0 Å². The molecule has 0 atom stereocenters. The maximum Gasteiger partial charge on any atom is 0.343 e. The molecule has 1 heterocycles. The average molecular weight is 931 g/mol. The molecule has 68 heavy (non-hydrogen) atoms. The van der Waals surface area contributed by atoms with Crippen LogP contribution in [0, 0.1) is 0 Å². The normalized spacial score (nSPS) is 12.8. The molecule has 2 amide bonds. The standard InChI is InChI=1S/C59H82N2O7/c1-3-5-7-9-11-13-15-17-19-21-23-27-47-65-53-37-41-55(42-38-53)67-57(62)49-29-33-51(34-30-49)60-45-25-26-46-61(59(60)64)52-35-31-50(32-36-52)58(63)68-56-43-39-54(40-44-56)66-48-28-24-22-20-18-16-14-12-10-8-6-4-2/h29-44H,3-28,45-48H2,1-2H3. The Morgan fingerprint density at radius 3 is 0.971 bits per heavy atom. The van der Waals surface area contributed by atoms with Crippen LogP contribution in [0.1, 0.15) is 202 Å². The molecule has 1 fully saturated rings. The molecule has 1 saturated heterocycles. The lowest BCUT2D eigenvalue weighted by Gasteiger charge is -2.28. The van der Waals surface area contributed by atoms with E-state index in [0.29, 0.717) is 60.3 Å². The quantitative estimate of drug-likeness (QED) is 0.0262. The molecule has 0 aromatic heterocycles. The van der Waals surface area contributed by atoms with Gasteiger partial charge in [-0.15, -0.1) is 0 Å². The molecule has 0 saturated carbocycles. The molecule has 1 aliphatic heterocycles. The van der Waals surface area contributed by atoms with Crippen molar-refractivity contribution in [3.63, 3.8) is 0 Å². The van der Waals surface area contributed by atoms with E-state index in [0.717, 1.165) is 37.2 Å². The van der Waals surface area contributed by atoms with E-state index in [-0.39, 0.29) is 6.03 Å². The van der Waals surface area contributed by atoms with Crippen LogP contribution in [0.2, 0.25) is 0 Å². The summed E-state index contributed by atoms with van der Waals surface area (Å²) < 4.78 is 23.2. The molecule has 0 radical (unpaired) electrons. The van der Waals surface area contributed by atoms with E-state index in [1.807, 2.05) is 24.3 Å². The number of anilines is 2. The number of unbranched alkanes of at least 4 members (excludes halogenated alkanes) is 22. The third-order valence-electron chi connectivity index (χ3n) is 12.9. The van der Waals surface area contributed by atoms with Gasteiger partial charge in [0.15, 0.2) is 0 Å². The van der Waals surface area contributed by atoms with Crippen molar-refractivity contribution < 1.29 is 33.3 Å². The number of amides is 2. The highest BCUT2D eigenvalue weighted by molar-refractivity contribution is 6.04. The molecule has 4 aromatic rings. The number of rotatable bonds is 34. The van der Waals surface area contributed by atoms with Crippen LogP contribution in [0.4, 0.5) is 16.2 Å². The fourth-order valence-corrected chi connectivity index (χ4v) is 8.72. The van der Waals surface area contributed by atoms with Crippen molar-refractivity contribution >= 4 is 29.3 Å². The number of hydrogen-bond donors (Lipinski definition) is 0. The SMILES string of the molecule is CCCCCCCCCCCCCCOc1ccc(OC(=O)c2ccc(N3CCCCN(c4ccc(C(=O)Oc5ccc(OCCCCCCCCCCCCCC)cc5)cc4)C3=O)cc2)cc1. The van der Waals surface area contributed by atoms with E-state index >= 15 is 0 Å². The van der Waals surface area contributed by atoms with Crippen molar-refractivity contribution in [3.8, 4) is 23.0 Å². The molecule has 0 spiro atoms. The molecule has 9 nitrogen and oxygen atoms in total. The molecule has 0 aliphatic carbocycles. The van der Waals surface area contributed by atoms with Gasteiger partial charge in [-0.1, -0.05) is 155 Å². The fourth-order valence-electron chi connectivity index (χ4n) is 8.72. The second-order valence-electron chi connectivity index (χ2n) is 18.6. The van der Waals surface area contributed by atoms with Gasteiger partial charge in [0.1, 0.15) is 23.0 Å². The zero-order valence-electron chi connectivity index (χ0n) is 41.7. The van der Waals surface area contributed by atoms with Crippen molar-refractivity contribution in [2.24, 2.45) is 0 Å². The number of esters is 2. The maximum atomic E-state index is 13.9. The van der Waals surface area contributed by atoms with Crippen LogP contribution in [0.3, 0.4) is 0 Å². The summed E-state index contributed by atoms with van der Waals surface area (Å²) in [7, 11) is 0. The van der Waals surface area contributed by atoms with Gasteiger partial charge >= 0.3 is 18.0 Å². The summed E-state index contributed by atoms with van der Waals surface area (Å²) in [5.41, 5.74) is 2.15. The Balaban J connectivity index is 0.978. The van der Waals surface area contributed by atoms with Crippen LogP contribution in [-0.4, -0.2) is 44.3 Å². The van der Waals surface area contributed by atoms with Crippen LogP contribution in [0.15, 0.2) is 97.1 Å². The lowest BCUT2D eigenvalue weighted by atomic mass is 10.1. The smallest absolute Gasteiger partial charge is 0.343 e. The molecule has 0 unspecified atom stereocenters. The number of hydrogen-bond acceptors (Lipinski definition) is 7. The second-order valence-corrected chi connectivity index (χ2v) is 18.6. The summed E-state index contributed by atoms with van der Waals surface area (Å²) in [6, 6.07) is 28.0. The van der Waals surface area contributed by atoms with E-state index in [4.69, 9.17) is 18.9 Å². The number of urea groups is 1. The Morgan fingerprint density at radius 2 is 0.662 bits per heavy atom. The van der Waals surface area contributed by atoms with Crippen LogP contribution in [-0.2, 0) is 0 Å². The summed E-state index contributed by atoms with van der Waals surface area (Å²) in [6.07, 6.45) is 33.0. The molecule has 0 N–H and O–H groups in total. The van der Waals surface area contributed by atoms with Crippen molar-refractivity contribution in [2.45, 2.75) is 181 Å². The molecule has 370 valence electrons. The molecule has 0 bridgehead atoms. The Bertz CT molecular complexity index is 1840. The Kier molecular flexibility index (Phi) is 25.6. The minimum absolute atomic E-state index is 0.171. The molecule has 5 rings (SSSR count). The largest absolute Gasteiger partial charge is 0.494 e. The van der Waals surface area contributed by atoms with Gasteiger partial charge in [0, 0.05) is 24.5 Å². The highest BCUT2D eigenvalue weighted by Crippen LogP contribution is 2.27. The van der Waals surface area contributed by atoms with Crippen LogP contribution in [0.5, 0.6) is 23.0 Å². The number of nitrogens with zero attached hydrogens (tertiary/aromatic N) is 2. The Hall–Kier alpha value is -5.31. The summed E-state index contributed by atoms with van der Waals surface area (Å²) in [4.78, 5) is 43.5. The zero-order valence-corrected chi connectivity index (χ0v) is 41.7. The lowest BCUT2D eigenvalue weighted by molar-refractivity contribution is 0.0725. The van der Waals surface area contributed by atoms with E-state index in [2.05, 4.69) is 13.8 Å². The first kappa shape index (κ1) is 53.6. The second kappa shape index (κ2) is 32.4. The molecule has 9 heteroatoms. The van der Waals surface area contributed by atoms with Crippen LogP contribution in [0.25, 0.3) is 0 Å². The van der Waals surface area contributed by atoms with Crippen molar-refractivity contribution in [1.82, 2.24) is 0 Å². The zero-order chi connectivity index (χ0) is 47.9. The highest BCUT2D eigenvalue weighted by Gasteiger charge is 2.27. The van der Waals surface area contributed by atoms with E-state index in [1.54, 1.807) is 82.6 Å². The minimum atomic E-state index is -0.476. The van der Waals surface area contributed by atoms with Crippen LogP contribution >= 0.6 is 0 Å². The summed E-state index contributed by atoms with van der Waals surface area (Å²) in [5, 5.41) is 0. The van der Waals surface area contributed by atoms with E-state index < -0.39 is 11.9 Å². The van der Waals surface area contributed by atoms with E-state index in [9.17, 15) is 14.4 Å². The third-order valence-corrected chi connectivity index (χ3v) is 12.9. The average Bonchev–Trinajstić information content (AvgIpc) is 3.56. The summed E-state index contributed by atoms with van der Waals surface area (Å²) in [5.74, 6) is 1.44. The van der Waals surface area contributed by atoms with Gasteiger partial charge in [-0.05, 0) is 123 Å². The first-order valence-electron chi connectivity index (χ1n) is 26.6. The van der Waals surface area contributed by atoms with Gasteiger partial charge in [0.2, 0.25) is 0 Å². The predicted octanol–water partition coefficient (Wildman–Crippen LogP) is 16.5. The highest BCUT2D eigenvalue weighted by atomic mass is 16.5. The van der Waals surface area contributed by atoms with Crippen molar-refractivity contribution in [2.75, 3.05) is 36.1 Å². The first-order chi connectivity index (χ1) is 33.4. The number of ether oxygens (including phenoxy) is 4. The van der Waals surface area contributed by atoms with Gasteiger partial charge in [0.05, 0.1) is 24.3 Å². The third kappa shape index (κ3) is 20.1. The van der Waals surface area contributed by atoms with Crippen molar-refractivity contribution in [1.29, 1.82) is 0 Å². The number of carbonyl (C=O) groups excluding carboxylic acids is 3. The lowest BCUT2D eigenvalue weighted by Crippen LogP contribution is -2.42. The number of benzene rings is 4.